The number of fused-ring (bicyclic) bond motifs is 1. The molecule has 0 aliphatic heterocycles. The molecule has 0 spiro atoms. The Balaban J connectivity index is 1.89. The quantitative estimate of drug-likeness (QED) is 0.564. The van der Waals surface area contributed by atoms with Gasteiger partial charge in [-0.15, -0.1) is 5.10 Å². The van der Waals surface area contributed by atoms with Crippen LogP contribution in [0.15, 0.2) is 40.6 Å². The van der Waals surface area contributed by atoms with E-state index in [0.29, 0.717) is 28.0 Å². The van der Waals surface area contributed by atoms with E-state index in [2.05, 4.69) is 14.6 Å². The Bertz CT molecular complexity index is 1130. The van der Waals surface area contributed by atoms with Crippen LogP contribution in [0.1, 0.15) is 5.69 Å². The van der Waals surface area contributed by atoms with Gasteiger partial charge >= 0.3 is 5.69 Å². The summed E-state index contributed by atoms with van der Waals surface area (Å²) in [5.74, 6) is -1.85. The number of hydrogen-bond acceptors (Lipinski definition) is 5. The minimum atomic E-state index is -0.934. The maximum absolute atomic E-state index is 13.5. The van der Waals surface area contributed by atoms with Crippen LogP contribution in [-0.4, -0.2) is 23.7 Å². The Hall–Kier alpha value is -2.94. The van der Waals surface area contributed by atoms with Crippen LogP contribution in [-0.2, 0) is 13.6 Å². The molecule has 25 heavy (non-hydrogen) atoms. The number of benzene rings is 1. The zero-order valence-corrected chi connectivity index (χ0v) is 13.8. The Morgan fingerprint density at radius 1 is 1.16 bits per heavy atom. The van der Waals surface area contributed by atoms with Crippen LogP contribution in [0.25, 0.3) is 22.3 Å². The van der Waals surface area contributed by atoms with Crippen molar-refractivity contribution in [3.05, 3.63) is 63.7 Å². The highest BCUT2D eigenvalue weighted by Crippen LogP contribution is 2.24. The van der Waals surface area contributed by atoms with Gasteiger partial charge in [0.25, 0.3) is 0 Å². The van der Waals surface area contributed by atoms with Gasteiger partial charge < -0.3 is 0 Å². The molecule has 0 N–H and O–H groups in total. The maximum Gasteiger partial charge on any atom is 0.330 e. The van der Waals surface area contributed by atoms with E-state index in [9.17, 15) is 13.6 Å². The number of imidazole rings is 1. The van der Waals surface area contributed by atoms with Gasteiger partial charge in [-0.2, -0.15) is 0 Å². The lowest BCUT2D eigenvalue weighted by Gasteiger charge is -2.04. The molecule has 0 radical (unpaired) electrons. The normalized spacial score (nSPS) is 11.3. The monoisotopic (exact) mass is 359 g/mol. The van der Waals surface area contributed by atoms with Crippen molar-refractivity contribution in [1.82, 2.24) is 23.7 Å². The second-order valence-electron chi connectivity index (χ2n) is 5.52. The third-order valence-corrected chi connectivity index (χ3v) is 4.51. The molecule has 0 aliphatic rings. The summed E-state index contributed by atoms with van der Waals surface area (Å²) in [6.45, 7) is 0.260. The molecule has 4 rings (SSSR count). The number of pyridine rings is 1. The molecule has 0 saturated carbocycles. The number of rotatable bonds is 3. The van der Waals surface area contributed by atoms with Crippen molar-refractivity contribution >= 4 is 22.7 Å². The van der Waals surface area contributed by atoms with Gasteiger partial charge in [-0.3, -0.25) is 9.13 Å². The number of nitrogens with zero attached hydrogens (tertiary/aromatic N) is 5. The highest BCUT2D eigenvalue weighted by atomic mass is 32.1. The van der Waals surface area contributed by atoms with E-state index in [1.54, 1.807) is 18.5 Å². The lowest BCUT2D eigenvalue weighted by molar-refractivity contribution is 0.509. The Labute approximate surface area is 144 Å². The Kier molecular flexibility index (Phi) is 3.65. The minimum absolute atomic E-state index is 0.238. The first kappa shape index (κ1) is 15.6. The first-order valence-electron chi connectivity index (χ1n) is 7.31. The Morgan fingerprint density at radius 2 is 2.00 bits per heavy atom. The number of hydrogen-bond donors (Lipinski definition) is 0. The largest absolute Gasteiger partial charge is 0.330 e. The molecule has 3 aromatic heterocycles. The predicted molar refractivity (Wildman–Crippen MR) is 89.3 cm³/mol. The molecule has 6 nitrogen and oxygen atoms in total. The van der Waals surface area contributed by atoms with E-state index < -0.39 is 11.6 Å². The summed E-state index contributed by atoms with van der Waals surface area (Å²) in [6, 6.07) is 5.37. The standard InChI is InChI=1S/C16H11F2N5OS/c1-22-15-14(23(16(22)24)7-11-8-25-21-20-11)5-10(6-19-15)9-2-3-12(17)13(18)4-9/h2-6,8H,7H2,1H3. The summed E-state index contributed by atoms with van der Waals surface area (Å²) in [5, 5.41) is 5.72. The third-order valence-electron chi connectivity index (χ3n) is 3.95. The highest BCUT2D eigenvalue weighted by molar-refractivity contribution is 7.03. The summed E-state index contributed by atoms with van der Waals surface area (Å²) in [7, 11) is 1.63. The lowest BCUT2D eigenvalue weighted by Crippen LogP contribution is -2.22. The molecular formula is C16H11F2N5OS. The van der Waals surface area contributed by atoms with Crippen molar-refractivity contribution in [2.24, 2.45) is 7.05 Å². The van der Waals surface area contributed by atoms with Crippen LogP contribution < -0.4 is 5.69 Å². The zero-order valence-electron chi connectivity index (χ0n) is 13.0. The van der Waals surface area contributed by atoms with Gasteiger partial charge in [0.15, 0.2) is 17.3 Å². The zero-order chi connectivity index (χ0) is 17.6. The van der Waals surface area contributed by atoms with Crippen LogP contribution in [0.2, 0.25) is 0 Å². The molecule has 0 fully saturated rings. The van der Waals surface area contributed by atoms with Gasteiger partial charge in [-0.1, -0.05) is 10.6 Å². The van der Waals surface area contributed by atoms with Crippen molar-refractivity contribution in [3.8, 4) is 11.1 Å². The number of aromatic nitrogens is 5. The number of aryl methyl sites for hydroxylation is 1. The highest BCUT2D eigenvalue weighted by Gasteiger charge is 2.15. The molecule has 0 bridgehead atoms. The third kappa shape index (κ3) is 2.62. The van der Waals surface area contributed by atoms with Crippen LogP contribution in [0.4, 0.5) is 8.78 Å². The van der Waals surface area contributed by atoms with E-state index in [0.717, 1.165) is 12.1 Å². The Morgan fingerprint density at radius 3 is 2.72 bits per heavy atom. The smallest absolute Gasteiger partial charge is 0.284 e. The predicted octanol–water partition coefficient (Wildman–Crippen LogP) is 2.58. The fourth-order valence-corrected chi connectivity index (χ4v) is 3.12. The fraction of sp³-hybridized carbons (Fsp3) is 0.125. The van der Waals surface area contributed by atoms with Crippen molar-refractivity contribution in [2.45, 2.75) is 6.54 Å². The molecule has 1 aromatic carbocycles. The van der Waals surface area contributed by atoms with Crippen LogP contribution in [0.3, 0.4) is 0 Å². The van der Waals surface area contributed by atoms with Crippen molar-refractivity contribution < 1.29 is 8.78 Å². The summed E-state index contributed by atoms with van der Waals surface area (Å²) in [6.07, 6.45) is 1.53. The first-order chi connectivity index (χ1) is 12.0. The van der Waals surface area contributed by atoms with Crippen LogP contribution >= 0.6 is 11.5 Å². The van der Waals surface area contributed by atoms with Crippen LogP contribution in [0, 0.1) is 11.6 Å². The van der Waals surface area contributed by atoms with Gasteiger partial charge in [0.2, 0.25) is 0 Å². The number of halogens is 2. The lowest BCUT2D eigenvalue weighted by atomic mass is 10.1. The molecule has 9 heteroatoms. The van der Waals surface area contributed by atoms with Crippen molar-refractivity contribution in [1.29, 1.82) is 0 Å². The molecule has 3 heterocycles. The molecule has 0 unspecified atom stereocenters. The molecule has 4 aromatic rings. The van der Waals surface area contributed by atoms with E-state index in [-0.39, 0.29) is 12.2 Å². The molecule has 0 atom stereocenters. The van der Waals surface area contributed by atoms with Gasteiger partial charge in [0.05, 0.1) is 17.8 Å². The second-order valence-corrected chi connectivity index (χ2v) is 6.13. The fourth-order valence-electron chi connectivity index (χ4n) is 2.68. The van der Waals surface area contributed by atoms with Gasteiger partial charge in [-0.25, -0.2) is 18.6 Å². The van der Waals surface area contributed by atoms with Crippen LogP contribution in [0.5, 0.6) is 0 Å². The summed E-state index contributed by atoms with van der Waals surface area (Å²) in [5.41, 5.74) is 2.58. The molecule has 0 saturated heterocycles. The average Bonchev–Trinajstić information content (AvgIpc) is 3.20. The SMILES string of the molecule is Cn1c(=O)n(Cc2csnn2)c2cc(-c3ccc(F)c(F)c3)cnc21. The minimum Gasteiger partial charge on any atom is -0.284 e. The van der Waals surface area contributed by atoms with E-state index in [1.165, 1.54) is 32.9 Å². The van der Waals surface area contributed by atoms with Gasteiger partial charge in [0, 0.05) is 24.2 Å². The van der Waals surface area contributed by atoms with Crippen molar-refractivity contribution in [2.75, 3.05) is 0 Å². The summed E-state index contributed by atoms with van der Waals surface area (Å²) >= 11 is 1.20. The topological polar surface area (TPSA) is 65.6 Å². The van der Waals surface area contributed by atoms with Crippen molar-refractivity contribution in [3.63, 3.8) is 0 Å². The summed E-state index contributed by atoms with van der Waals surface area (Å²) in [4.78, 5) is 16.8. The molecular weight excluding hydrogens is 348 g/mol. The van der Waals surface area contributed by atoms with E-state index >= 15 is 0 Å². The molecule has 0 amide bonds. The second kappa shape index (κ2) is 5.85. The van der Waals surface area contributed by atoms with E-state index in [4.69, 9.17) is 0 Å². The first-order valence-corrected chi connectivity index (χ1v) is 8.15. The van der Waals surface area contributed by atoms with Gasteiger partial charge in [-0.05, 0) is 35.3 Å². The summed E-state index contributed by atoms with van der Waals surface area (Å²) < 4.78 is 33.4. The molecule has 0 aliphatic carbocycles. The van der Waals surface area contributed by atoms with Gasteiger partial charge in [0.1, 0.15) is 0 Å². The molecule has 126 valence electrons. The maximum atomic E-state index is 13.5. The van der Waals surface area contributed by atoms with E-state index in [1.807, 2.05) is 0 Å². The average molecular weight is 359 g/mol.